The molecule has 1 aliphatic heterocycles. The van der Waals surface area contributed by atoms with Crippen LogP contribution in [0.5, 0.6) is 0 Å². The largest absolute Gasteiger partial charge is 0.481 e. The molecule has 3 amide bonds. The molecule has 0 radical (unpaired) electrons. The van der Waals surface area contributed by atoms with Gasteiger partial charge in [0, 0.05) is 19.0 Å². The van der Waals surface area contributed by atoms with Gasteiger partial charge in [0.05, 0.1) is 25.7 Å². The van der Waals surface area contributed by atoms with E-state index in [0.29, 0.717) is 6.54 Å². The lowest BCUT2D eigenvalue weighted by molar-refractivity contribution is -0.147. The third kappa shape index (κ3) is 5.96. The Balaban J connectivity index is 1.19. The molecule has 0 spiro atoms. The van der Waals surface area contributed by atoms with E-state index in [9.17, 15) is 19.2 Å². The van der Waals surface area contributed by atoms with Crippen LogP contribution in [-0.4, -0.2) is 79.4 Å². The predicted molar refractivity (Wildman–Crippen MR) is 125 cm³/mol. The minimum atomic E-state index is -1.00. The van der Waals surface area contributed by atoms with Gasteiger partial charge in [0.2, 0.25) is 11.8 Å². The fraction of sp³-hybridized carbons (Fsp3) is 0.360. The second kappa shape index (κ2) is 11.0. The Morgan fingerprint density at radius 2 is 1.63 bits per heavy atom. The number of carboxylic acids is 1. The Morgan fingerprint density at radius 3 is 2.29 bits per heavy atom. The van der Waals surface area contributed by atoms with Crippen molar-refractivity contribution in [3.8, 4) is 11.1 Å². The molecule has 10 heteroatoms. The fourth-order valence-electron chi connectivity index (χ4n) is 4.41. The van der Waals surface area contributed by atoms with Crippen LogP contribution in [0.3, 0.4) is 0 Å². The lowest BCUT2D eigenvalue weighted by Gasteiger charge is -2.32. The Kier molecular flexibility index (Phi) is 7.61. The number of carbonyl (C=O) groups excluding carboxylic acids is 3. The molecule has 2 aliphatic rings. The van der Waals surface area contributed by atoms with E-state index in [1.807, 2.05) is 48.5 Å². The number of nitrogens with zero attached hydrogens (tertiary/aromatic N) is 1. The zero-order valence-electron chi connectivity index (χ0n) is 19.1. The zero-order valence-corrected chi connectivity index (χ0v) is 19.1. The van der Waals surface area contributed by atoms with Gasteiger partial charge in [0.1, 0.15) is 13.2 Å². The molecule has 10 nitrogen and oxygen atoms in total. The Morgan fingerprint density at radius 1 is 0.971 bits per heavy atom. The van der Waals surface area contributed by atoms with Crippen LogP contribution in [0, 0.1) is 0 Å². The first-order valence-electron chi connectivity index (χ1n) is 11.4. The Bertz CT molecular complexity index is 1070. The van der Waals surface area contributed by atoms with Crippen molar-refractivity contribution in [3.63, 3.8) is 0 Å². The Labute approximate surface area is 202 Å². The number of morpholine rings is 1. The highest BCUT2D eigenvalue weighted by Crippen LogP contribution is 2.44. The number of alkyl carbamates (subject to hydrolysis) is 1. The molecule has 0 saturated carbocycles. The number of carbonyl (C=O) groups is 4. The number of ether oxygens (including phenoxy) is 2. The average Bonchev–Trinajstić information content (AvgIpc) is 3.18. The van der Waals surface area contributed by atoms with Crippen molar-refractivity contribution < 1.29 is 33.8 Å². The van der Waals surface area contributed by atoms with Crippen LogP contribution >= 0.6 is 0 Å². The van der Waals surface area contributed by atoms with Crippen molar-refractivity contribution in [3.05, 3.63) is 59.7 Å². The highest BCUT2D eigenvalue weighted by atomic mass is 16.5. The van der Waals surface area contributed by atoms with Gasteiger partial charge < -0.3 is 30.1 Å². The molecule has 1 unspecified atom stereocenters. The van der Waals surface area contributed by atoms with Crippen molar-refractivity contribution in [2.45, 2.75) is 18.4 Å². The smallest absolute Gasteiger partial charge is 0.407 e. The maximum Gasteiger partial charge on any atom is 0.407 e. The summed E-state index contributed by atoms with van der Waals surface area (Å²) in [7, 11) is 0. The lowest BCUT2D eigenvalue weighted by Crippen LogP contribution is -2.50. The molecular formula is C25H27N3O7. The molecule has 1 aliphatic carbocycles. The maximum absolute atomic E-state index is 12.3. The number of rotatable bonds is 8. The van der Waals surface area contributed by atoms with Crippen molar-refractivity contribution in [1.82, 2.24) is 15.5 Å². The van der Waals surface area contributed by atoms with Crippen molar-refractivity contribution in [2.24, 2.45) is 0 Å². The molecule has 2 aromatic rings. The van der Waals surface area contributed by atoms with Gasteiger partial charge in [0.25, 0.3) is 0 Å². The molecule has 1 saturated heterocycles. The fourth-order valence-corrected chi connectivity index (χ4v) is 4.41. The number of benzene rings is 2. The minimum Gasteiger partial charge on any atom is -0.481 e. The van der Waals surface area contributed by atoms with Gasteiger partial charge >= 0.3 is 12.1 Å². The summed E-state index contributed by atoms with van der Waals surface area (Å²) < 4.78 is 10.7. The van der Waals surface area contributed by atoms with Crippen LogP contribution in [0.25, 0.3) is 11.1 Å². The SMILES string of the molecule is O=C(O)CC1CN(C(=O)CNC(=O)CNC(=O)OCC2c3ccccc3-c3ccccc32)CCO1. The van der Waals surface area contributed by atoms with E-state index in [1.54, 1.807) is 0 Å². The first-order valence-corrected chi connectivity index (χ1v) is 11.4. The van der Waals surface area contributed by atoms with Crippen LogP contribution in [0.15, 0.2) is 48.5 Å². The third-order valence-corrected chi connectivity index (χ3v) is 6.07. The van der Waals surface area contributed by atoms with Crippen LogP contribution in [0.1, 0.15) is 23.5 Å². The van der Waals surface area contributed by atoms with Crippen molar-refractivity contribution in [2.75, 3.05) is 39.4 Å². The Hall–Kier alpha value is -3.92. The first-order chi connectivity index (χ1) is 16.9. The quantitative estimate of drug-likeness (QED) is 0.518. The zero-order chi connectivity index (χ0) is 24.8. The van der Waals surface area contributed by atoms with Gasteiger partial charge in [-0.15, -0.1) is 0 Å². The van der Waals surface area contributed by atoms with Gasteiger partial charge in [0.15, 0.2) is 0 Å². The molecular weight excluding hydrogens is 454 g/mol. The molecule has 4 rings (SSSR count). The van der Waals surface area contributed by atoms with E-state index in [2.05, 4.69) is 10.6 Å². The summed E-state index contributed by atoms with van der Waals surface area (Å²) in [5, 5.41) is 13.7. The van der Waals surface area contributed by atoms with E-state index < -0.39 is 24.1 Å². The van der Waals surface area contributed by atoms with E-state index in [0.717, 1.165) is 22.3 Å². The van der Waals surface area contributed by atoms with Crippen molar-refractivity contribution in [1.29, 1.82) is 0 Å². The average molecular weight is 482 g/mol. The monoisotopic (exact) mass is 481 g/mol. The number of aliphatic carboxylic acids is 1. The maximum atomic E-state index is 12.3. The summed E-state index contributed by atoms with van der Waals surface area (Å²) in [5.41, 5.74) is 4.42. The van der Waals surface area contributed by atoms with E-state index >= 15 is 0 Å². The second-order valence-electron chi connectivity index (χ2n) is 8.39. The van der Waals surface area contributed by atoms with Gasteiger partial charge in [-0.1, -0.05) is 48.5 Å². The summed E-state index contributed by atoms with van der Waals surface area (Å²) in [6, 6.07) is 16.0. The molecule has 0 bridgehead atoms. The molecule has 1 fully saturated rings. The van der Waals surface area contributed by atoms with Gasteiger partial charge in [-0.25, -0.2) is 4.79 Å². The van der Waals surface area contributed by atoms with Crippen LogP contribution in [0.2, 0.25) is 0 Å². The number of hydrogen-bond donors (Lipinski definition) is 3. The summed E-state index contributed by atoms with van der Waals surface area (Å²) in [5.74, 6) is -1.98. The highest BCUT2D eigenvalue weighted by molar-refractivity contribution is 5.87. The summed E-state index contributed by atoms with van der Waals surface area (Å²) in [6.45, 7) is 0.247. The molecule has 35 heavy (non-hydrogen) atoms. The lowest BCUT2D eigenvalue weighted by atomic mass is 9.98. The van der Waals surface area contributed by atoms with E-state index in [1.165, 1.54) is 4.90 Å². The molecule has 1 heterocycles. The van der Waals surface area contributed by atoms with Gasteiger partial charge in [-0.05, 0) is 22.3 Å². The van der Waals surface area contributed by atoms with Crippen LogP contribution in [0.4, 0.5) is 4.79 Å². The normalized spacial score (nSPS) is 16.7. The molecule has 184 valence electrons. The summed E-state index contributed by atoms with van der Waals surface area (Å²) >= 11 is 0. The standard InChI is InChI=1S/C25H27N3O7/c29-22(26-13-23(30)28-9-10-34-16(14-28)11-24(31)32)12-27-25(33)35-15-21-19-7-3-1-5-17(19)18-6-2-4-8-20(18)21/h1-8,16,21H,9-15H2,(H,26,29)(H,27,33)(H,31,32). The minimum absolute atomic E-state index is 0.0851. The molecule has 2 aromatic carbocycles. The van der Waals surface area contributed by atoms with Gasteiger partial charge in [-0.2, -0.15) is 0 Å². The third-order valence-electron chi connectivity index (χ3n) is 6.07. The van der Waals surface area contributed by atoms with Crippen LogP contribution in [-0.2, 0) is 23.9 Å². The first kappa shape index (κ1) is 24.2. The number of nitrogens with one attached hydrogen (secondary N) is 2. The van der Waals surface area contributed by atoms with Crippen molar-refractivity contribution >= 4 is 23.9 Å². The second-order valence-corrected chi connectivity index (χ2v) is 8.39. The number of hydrogen-bond acceptors (Lipinski definition) is 6. The number of carboxylic acid groups (broad SMARTS) is 1. The van der Waals surface area contributed by atoms with E-state index in [4.69, 9.17) is 14.6 Å². The number of amides is 3. The molecule has 1 atom stereocenters. The topological polar surface area (TPSA) is 134 Å². The van der Waals surface area contributed by atoms with Crippen LogP contribution < -0.4 is 10.6 Å². The molecule has 3 N–H and O–H groups in total. The van der Waals surface area contributed by atoms with E-state index in [-0.39, 0.29) is 51.1 Å². The van der Waals surface area contributed by atoms with Gasteiger partial charge in [-0.3, -0.25) is 14.4 Å². The molecule has 0 aromatic heterocycles. The summed E-state index contributed by atoms with van der Waals surface area (Å²) in [4.78, 5) is 48.9. The highest BCUT2D eigenvalue weighted by Gasteiger charge is 2.29. The predicted octanol–water partition coefficient (Wildman–Crippen LogP) is 1.34. The summed E-state index contributed by atoms with van der Waals surface area (Å²) in [6.07, 6.45) is -1.49. The number of fused-ring (bicyclic) bond motifs is 3.